The summed E-state index contributed by atoms with van der Waals surface area (Å²) in [7, 11) is 1.59. The summed E-state index contributed by atoms with van der Waals surface area (Å²) in [6.45, 7) is 0.384. The number of carbonyl (C=O) groups is 1. The van der Waals surface area contributed by atoms with E-state index in [0.717, 1.165) is 17.4 Å². The third kappa shape index (κ3) is 4.24. The maximum atomic E-state index is 12.1. The number of thiophene rings is 1. The Bertz CT molecular complexity index is 1080. The maximum absolute atomic E-state index is 12.1. The highest BCUT2D eigenvalue weighted by molar-refractivity contribution is 8.02. The number of ether oxygens (including phenoxy) is 1. The molecule has 27 heavy (non-hydrogen) atoms. The highest BCUT2D eigenvalue weighted by atomic mass is 32.2. The number of hydrogen-bond donors (Lipinski definition) is 3. The molecule has 7 nitrogen and oxygen atoms in total. The fourth-order valence-electron chi connectivity index (χ4n) is 2.39. The fourth-order valence-corrected chi connectivity index (χ4v) is 4.56. The van der Waals surface area contributed by atoms with Crippen molar-refractivity contribution in [2.45, 2.75) is 10.8 Å². The van der Waals surface area contributed by atoms with Crippen LogP contribution >= 0.6 is 23.1 Å². The number of pyridine rings is 1. The number of carbonyl (C=O) groups excluding carboxylic acids is 1. The molecular weight excluding hydrogens is 386 g/mol. The largest absolute Gasteiger partial charge is 0.506 e. The van der Waals surface area contributed by atoms with Gasteiger partial charge >= 0.3 is 0 Å². The van der Waals surface area contributed by atoms with Crippen LogP contribution in [0, 0.1) is 11.3 Å². The van der Waals surface area contributed by atoms with E-state index in [9.17, 15) is 20.0 Å². The van der Waals surface area contributed by atoms with Crippen molar-refractivity contribution in [3.05, 3.63) is 51.8 Å². The lowest BCUT2D eigenvalue weighted by atomic mass is 10.2. The summed E-state index contributed by atoms with van der Waals surface area (Å²) >= 11 is 2.36. The normalized spacial score (nSPS) is 10.5. The number of hydrogen-bond acceptors (Lipinski definition) is 7. The topological polar surface area (TPSA) is 115 Å². The molecule has 138 valence electrons. The van der Waals surface area contributed by atoms with Crippen molar-refractivity contribution >= 4 is 39.2 Å². The predicted octanol–water partition coefficient (Wildman–Crippen LogP) is 2.58. The van der Waals surface area contributed by atoms with Crippen molar-refractivity contribution in [1.82, 2.24) is 10.3 Å². The zero-order chi connectivity index (χ0) is 19.4. The monoisotopic (exact) mass is 401 g/mol. The van der Waals surface area contributed by atoms with Gasteiger partial charge in [0.15, 0.2) is 0 Å². The Balaban J connectivity index is 1.65. The number of aromatic hydroxyl groups is 1. The molecule has 0 fully saturated rings. The van der Waals surface area contributed by atoms with Crippen LogP contribution in [0.15, 0.2) is 39.3 Å². The first-order valence-corrected chi connectivity index (χ1v) is 9.63. The van der Waals surface area contributed by atoms with Gasteiger partial charge in [0.05, 0.1) is 27.3 Å². The number of fused-ring (bicyclic) bond motifs is 1. The second-order valence-corrected chi connectivity index (χ2v) is 7.78. The van der Waals surface area contributed by atoms with Gasteiger partial charge in [-0.15, -0.1) is 23.1 Å². The predicted molar refractivity (Wildman–Crippen MR) is 104 cm³/mol. The van der Waals surface area contributed by atoms with E-state index in [1.807, 2.05) is 30.3 Å². The van der Waals surface area contributed by atoms with Crippen LogP contribution in [0.4, 0.5) is 0 Å². The van der Waals surface area contributed by atoms with Crippen LogP contribution in [-0.4, -0.2) is 28.9 Å². The number of nitriles is 1. The number of aromatic amines is 1. The van der Waals surface area contributed by atoms with Crippen LogP contribution < -0.4 is 15.6 Å². The molecule has 0 aliphatic heterocycles. The second kappa shape index (κ2) is 8.16. The Morgan fingerprint density at radius 1 is 1.41 bits per heavy atom. The fraction of sp³-hybridized carbons (Fsp3) is 0.167. The number of methoxy groups -OCH3 is 1. The Kier molecular flexibility index (Phi) is 5.69. The minimum absolute atomic E-state index is 0.114. The molecule has 0 spiro atoms. The molecule has 3 rings (SSSR count). The molecule has 0 bridgehead atoms. The Labute approximate surface area is 162 Å². The molecule has 0 saturated heterocycles. The Hall–Kier alpha value is -2.96. The van der Waals surface area contributed by atoms with Gasteiger partial charge < -0.3 is 20.1 Å². The summed E-state index contributed by atoms with van der Waals surface area (Å²) in [5.41, 5.74) is 1.02. The lowest BCUT2D eigenvalue weighted by Gasteiger charge is -2.06. The zero-order valence-corrected chi connectivity index (χ0v) is 15.9. The van der Waals surface area contributed by atoms with E-state index in [4.69, 9.17) is 4.74 Å². The van der Waals surface area contributed by atoms with Crippen molar-refractivity contribution in [1.29, 1.82) is 5.26 Å². The van der Waals surface area contributed by atoms with Crippen molar-refractivity contribution in [2.75, 3.05) is 12.9 Å². The van der Waals surface area contributed by atoms with Crippen LogP contribution in [0.2, 0.25) is 0 Å². The molecule has 0 unspecified atom stereocenters. The van der Waals surface area contributed by atoms with Gasteiger partial charge in [-0.3, -0.25) is 9.59 Å². The van der Waals surface area contributed by atoms with E-state index in [-0.39, 0.29) is 23.0 Å². The van der Waals surface area contributed by atoms with Crippen molar-refractivity contribution in [3.8, 4) is 17.6 Å². The lowest BCUT2D eigenvalue weighted by molar-refractivity contribution is -0.118. The minimum atomic E-state index is -0.483. The highest BCUT2D eigenvalue weighted by Gasteiger charge is 2.17. The first-order valence-electron chi connectivity index (χ1n) is 7.83. The minimum Gasteiger partial charge on any atom is -0.506 e. The molecule has 0 aliphatic carbocycles. The molecule has 1 aromatic carbocycles. The summed E-state index contributed by atoms with van der Waals surface area (Å²) in [5, 5.41) is 22.1. The molecule has 2 heterocycles. The molecule has 2 aromatic heterocycles. The summed E-state index contributed by atoms with van der Waals surface area (Å²) in [5.74, 6) is 0.500. The molecule has 0 saturated carbocycles. The van der Waals surface area contributed by atoms with Crippen molar-refractivity contribution in [3.63, 3.8) is 0 Å². The van der Waals surface area contributed by atoms with Gasteiger partial charge in [-0.05, 0) is 17.7 Å². The van der Waals surface area contributed by atoms with E-state index >= 15 is 0 Å². The van der Waals surface area contributed by atoms with Crippen molar-refractivity contribution in [2.24, 2.45) is 0 Å². The Morgan fingerprint density at radius 2 is 2.15 bits per heavy atom. The zero-order valence-electron chi connectivity index (χ0n) is 14.2. The van der Waals surface area contributed by atoms with Gasteiger partial charge in [-0.1, -0.05) is 12.1 Å². The quantitative estimate of drug-likeness (QED) is 0.547. The average Bonchev–Trinajstić information content (AvgIpc) is 3.02. The average molecular weight is 401 g/mol. The van der Waals surface area contributed by atoms with Gasteiger partial charge in [-0.2, -0.15) is 5.26 Å². The van der Waals surface area contributed by atoms with Crippen LogP contribution in [0.1, 0.15) is 11.1 Å². The number of aromatic nitrogens is 1. The number of benzene rings is 1. The smallest absolute Gasteiger partial charge is 0.252 e. The number of thioether (sulfide) groups is 1. The summed E-state index contributed by atoms with van der Waals surface area (Å²) < 4.78 is 6.09. The lowest BCUT2D eigenvalue weighted by Crippen LogP contribution is -2.24. The Morgan fingerprint density at radius 3 is 2.81 bits per heavy atom. The summed E-state index contributed by atoms with van der Waals surface area (Å²) in [6.07, 6.45) is 0. The number of amides is 1. The van der Waals surface area contributed by atoms with Crippen LogP contribution in [0.5, 0.6) is 11.5 Å². The number of nitrogens with zero attached hydrogens (tertiary/aromatic N) is 1. The van der Waals surface area contributed by atoms with E-state index < -0.39 is 5.56 Å². The highest BCUT2D eigenvalue weighted by Crippen LogP contribution is 2.39. The standard InChI is InChI=1S/C18H15N3O4S2/c1-25-11-4-2-10(3-5-11)8-20-15(24)9-26-18-12(7-19)16-17(27-18)13(22)6-14(23)21-16/h2-6H,8-9H2,1H3,(H,20,24)(H2,21,22,23). The molecule has 9 heteroatoms. The van der Waals surface area contributed by atoms with E-state index in [1.54, 1.807) is 7.11 Å². The summed E-state index contributed by atoms with van der Waals surface area (Å²) in [6, 6.07) is 10.5. The number of nitrogens with one attached hydrogen (secondary N) is 2. The van der Waals surface area contributed by atoms with Crippen LogP contribution in [0.3, 0.4) is 0 Å². The molecule has 0 aliphatic rings. The third-order valence-corrected chi connectivity index (χ3v) is 6.20. The first-order chi connectivity index (χ1) is 13.0. The van der Waals surface area contributed by atoms with E-state index in [0.29, 0.717) is 21.0 Å². The number of H-pyrrole nitrogens is 1. The van der Waals surface area contributed by atoms with Gasteiger partial charge in [0.25, 0.3) is 5.56 Å². The first kappa shape index (κ1) is 18.8. The molecular formula is C18H15N3O4S2. The van der Waals surface area contributed by atoms with Gasteiger partial charge in [0.1, 0.15) is 23.1 Å². The van der Waals surface area contributed by atoms with Gasteiger partial charge in [0.2, 0.25) is 5.91 Å². The molecule has 0 atom stereocenters. The van der Waals surface area contributed by atoms with Gasteiger partial charge in [0, 0.05) is 12.6 Å². The van der Waals surface area contributed by atoms with E-state index in [1.165, 1.54) is 23.1 Å². The second-order valence-electron chi connectivity index (χ2n) is 5.51. The summed E-state index contributed by atoms with van der Waals surface area (Å²) in [4.78, 5) is 26.2. The van der Waals surface area contributed by atoms with E-state index in [2.05, 4.69) is 10.3 Å². The molecule has 3 N–H and O–H groups in total. The molecule has 3 aromatic rings. The van der Waals surface area contributed by atoms with Gasteiger partial charge in [-0.25, -0.2) is 0 Å². The third-order valence-electron chi connectivity index (χ3n) is 3.72. The van der Waals surface area contributed by atoms with Crippen LogP contribution in [-0.2, 0) is 11.3 Å². The SMILES string of the molecule is COc1ccc(CNC(=O)CSc2sc3c(O)cc(=O)[nH]c3c2C#N)cc1. The maximum Gasteiger partial charge on any atom is 0.252 e. The molecule has 0 radical (unpaired) electrons. The van der Waals surface area contributed by atoms with Crippen LogP contribution in [0.25, 0.3) is 10.2 Å². The molecule has 1 amide bonds. The van der Waals surface area contributed by atoms with Crippen molar-refractivity contribution < 1.29 is 14.6 Å². The number of rotatable bonds is 6.